The summed E-state index contributed by atoms with van der Waals surface area (Å²) in [5.41, 5.74) is 0. The van der Waals surface area contributed by atoms with Crippen LogP contribution >= 0.6 is 0 Å². The lowest BCUT2D eigenvalue weighted by Gasteiger charge is -2.25. The van der Waals surface area contributed by atoms with Gasteiger partial charge in [-0.3, -0.25) is 0 Å². The number of hydrogen-bond donors (Lipinski definition) is 1. The van der Waals surface area contributed by atoms with Crippen LogP contribution in [0.4, 0.5) is 0 Å². The van der Waals surface area contributed by atoms with Crippen molar-refractivity contribution in [2.75, 3.05) is 14.2 Å². The number of aliphatic carboxylic acids is 1. The third-order valence-electron chi connectivity index (χ3n) is 2.37. The first-order chi connectivity index (χ1) is 6.06. The summed E-state index contributed by atoms with van der Waals surface area (Å²) in [5.74, 6) is -2.87. The van der Waals surface area contributed by atoms with Gasteiger partial charge in [0.15, 0.2) is 6.29 Å². The fourth-order valence-electron chi connectivity index (χ4n) is 1.55. The van der Waals surface area contributed by atoms with Gasteiger partial charge in [-0.25, -0.2) is 4.79 Å². The minimum absolute atomic E-state index is 0.222. The predicted octanol–water partition coefficient (Wildman–Crippen LogP) is 0.443. The molecule has 5 heteroatoms. The summed E-state index contributed by atoms with van der Waals surface area (Å²) in [6, 6.07) is 0. The van der Waals surface area contributed by atoms with Gasteiger partial charge in [-0.1, -0.05) is 6.92 Å². The average molecular weight is 190 g/mol. The highest BCUT2D eigenvalue weighted by atomic mass is 16.8. The molecular formula is C8H14O5. The van der Waals surface area contributed by atoms with Gasteiger partial charge < -0.3 is 19.3 Å². The molecule has 0 aromatic carbocycles. The minimum atomic E-state index is -1.54. The van der Waals surface area contributed by atoms with E-state index < -0.39 is 18.0 Å². The molecule has 0 amide bonds. The van der Waals surface area contributed by atoms with Crippen molar-refractivity contribution in [3.05, 3.63) is 0 Å². The van der Waals surface area contributed by atoms with Crippen molar-refractivity contribution in [1.82, 2.24) is 0 Å². The van der Waals surface area contributed by atoms with E-state index in [2.05, 4.69) is 0 Å². The van der Waals surface area contributed by atoms with Gasteiger partial charge in [0.1, 0.15) is 0 Å². The van der Waals surface area contributed by atoms with Gasteiger partial charge in [0, 0.05) is 26.6 Å². The molecule has 0 aromatic heterocycles. The summed E-state index contributed by atoms with van der Waals surface area (Å²) in [6.07, 6.45) is 0.0300. The van der Waals surface area contributed by atoms with E-state index in [1.54, 1.807) is 6.92 Å². The lowest BCUT2D eigenvalue weighted by atomic mass is 10.0. The molecule has 0 aromatic rings. The molecule has 1 aliphatic heterocycles. The van der Waals surface area contributed by atoms with Gasteiger partial charge in [-0.05, 0) is 0 Å². The highest BCUT2D eigenvalue weighted by Crippen LogP contribution is 2.36. The van der Waals surface area contributed by atoms with Gasteiger partial charge in [0.2, 0.25) is 0 Å². The summed E-state index contributed by atoms with van der Waals surface area (Å²) in [4.78, 5) is 10.9. The van der Waals surface area contributed by atoms with E-state index in [1.165, 1.54) is 14.2 Å². The third kappa shape index (κ3) is 1.54. The standard InChI is InChI=1S/C8H14O5/c1-5-4-6(11-2)13-8(5,12-3)7(9)10/h5-6H,4H2,1-3H3,(H,9,10). The second-order valence-electron chi connectivity index (χ2n) is 3.10. The molecule has 0 saturated carbocycles. The van der Waals surface area contributed by atoms with Crippen LogP contribution in [-0.4, -0.2) is 37.4 Å². The Morgan fingerprint density at radius 1 is 1.62 bits per heavy atom. The maximum atomic E-state index is 10.9. The molecule has 0 radical (unpaired) electrons. The molecule has 1 rings (SSSR count). The molecule has 5 nitrogen and oxygen atoms in total. The lowest BCUT2D eigenvalue weighted by Crippen LogP contribution is -2.45. The molecule has 0 aliphatic carbocycles. The Morgan fingerprint density at radius 2 is 2.23 bits per heavy atom. The average Bonchev–Trinajstić information content (AvgIpc) is 2.43. The normalized spacial score (nSPS) is 39.3. The molecule has 13 heavy (non-hydrogen) atoms. The predicted molar refractivity (Wildman–Crippen MR) is 43.0 cm³/mol. The Balaban J connectivity index is 2.82. The summed E-state index contributed by atoms with van der Waals surface area (Å²) >= 11 is 0. The van der Waals surface area contributed by atoms with Gasteiger partial charge in [-0.15, -0.1) is 0 Å². The molecule has 3 unspecified atom stereocenters. The van der Waals surface area contributed by atoms with E-state index in [1.807, 2.05) is 0 Å². The quantitative estimate of drug-likeness (QED) is 0.699. The summed E-state index contributed by atoms with van der Waals surface area (Å²) in [5, 5.41) is 8.94. The Labute approximate surface area is 76.6 Å². The number of rotatable bonds is 3. The fourth-order valence-corrected chi connectivity index (χ4v) is 1.55. The van der Waals surface area contributed by atoms with E-state index in [9.17, 15) is 4.79 Å². The van der Waals surface area contributed by atoms with Gasteiger partial charge >= 0.3 is 5.97 Å². The van der Waals surface area contributed by atoms with Crippen molar-refractivity contribution in [3.8, 4) is 0 Å². The van der Waals surface area contributed by atoms with Crippen molar-refractivity contribution in [2.24, 2.45) is 5.92 Å². The zero-order valence-corrected chi connectivity index (χ0v) is 7.94. The van der Waals surface area contributed by atoms with Crippen molar-refractivity contribution in [1.29, 1.82) is 0 Å². The molecule has 1 heterocycles. The molecule has 0 bridgehead atoms. The Bertz CT molecular complexity index is 205. The number of carbonyl (C=O) groups is 1. The van der Waals surface area contributed by atoms with Gasteiger partial charge in [0.25, 0.3) is 5.79 Å². The van der Waals surface area contributed by atoms with Crippen LogP contribution < -0.4 is 0 Å². The van der Waals surface area contributed by atoms with Crippen molar-refractivity contribution in [2.45, 2.75) is 25.4 Å². The largest absolute Gasteiger partial charge is 0.477 e. The molecule has 76 valence electrons. The number of ether oxygens (including phenoxy) is 3. The van der Waals surface area contributed by atoms with Crippen LogP contribution in [0, 0.1) is 5.92 Å². The summed E-state index contributed by atoms with van der Waals surface area (Å²) in [7, 11) is 2.80. The molecular weight excluding hydrogens is 176 g/mol. The first-order valence-corrected chi connectivity index (χ1v) is 4.06. The Kier molecular flexibility index (Phi) is 2.90. The summed E-state index contributed by atoms with van der Waals surface area (Å²) in [6.45, 7) is 1.76. The van der Waals surface area contributed by atoms with Crippen LogP contribution in [0.15, 0.2) is 0 Å². The summed E-state index contributed by atoms with van der Waals surface area (Å²) < 4.78 is 15.0. The molecule has 1 saturated heterocycles. The minimum Gasteiger partial charge on any atom is -0.477 e. The molecule has 1 fully saturated rings. The van der Waals surface area contributed by atoms with E-state index >= 15 is 0 Å². The van der Waals surface area contributed by atoms with Crippen LogP contribution in [0.2, 0.25) is 0 Å². The van der Waals surface area contributed by atoms with E-state index in [0.717, 1.165) is 0 Å². The Hall–Kier alpha value is -0.650. The maximum Gasteiger partial charge on any atom is 0.364 e. The van der Waals surface area contributed by atoms with Crippen LogP contribution in [0.25, 0.3) is 0 Å². The number of carboxylic acids is 1. The van der Waals surface area contributed by atoms with Crippen LogP contribution in [0.1, 0.15) is 13.3 Å². The second-order valence-corrected chi connectivity index (χ2v) is 3.10. The molecule has 1 aliphatic rings. The highest BCUT2D eigenvalue weighted by Gasteiger charge is 2.53. The van der Waals surface area contributed by atoms with Crippen LogP contribution in [0.3, 0.4) is 0 Å². The number of carboxylic acid groups (broad SMARTS) is 1. The number of hydrogen-bond acceptors (Lipinski definition) is 4. The SMILES string of the molecule is COC1CC(C)C(OC)(C(=O)O)O1. The second kappa shape index (κ2) is 3.61. The maximum absolute atomic E-state index is 10.9. The fraction of sp³-hybridized carbons (Fsp3) is 0.875. The van der Waals surface area contributed by atoms with E-state index in [-0.39, 0.29) is 5.92 Å². The zero-order valence-electron chi connectivity index (χ0n) is 7.94. The van der Waals surface area contributed by atoms with Crippen molar-refractivity contribution < 1.29 is 24.1 Å². The molecule has 3 atom stereocenters. The van der Waals surface area contributed by atoms with E-state index in [0.29, 0.717) is 6.42 Å². The van der Waals surface area contributed by atoms with Crippen LogP contribution in [0.5, 0.6) is 0 Å². The van der Waals surface area contributed by atoms with Crippen molar-refractivity contribution in [3.63, 3.8) is 0 Å². The van der Waals surface area contributed by atoms with Gasteiger partial charge in [0.05, 0.1) is 0 Å². The molecule has 1 N–H and O–H groups in total. The van der Waals surface area contributed by atoms with Crippen molar-refractivity contribution >= 4 is 5.97 Å². The van der Waals surface area contributed by atoms with Crippen LogP contribution in [-0.2, 0) is 19.0 Å². The zero-order chi connectivity index (χ0) is 10.1. The van der Waals surface area contributed by atoms with E-state index in [4.69, 9.17) is 19.3 Å². The lowest BCUT2D eigenvalue weighted by molar-refractivity contribution is -0.265. The molecule has 0 spiro atoms. The smallest absolute Gasteiger partial charge is 0.364 e. The highest BCUT2D eigenvalue weighted by molar-refractivity contribution is 5.76. The van der Waals surface area contributed by atoms with Gasteiger partial charge in [-0.2, -0.15) is 0 Å². The topological polar surface area (TPSA) is 65.0 Å². The number of methoxy groups -OCH3 is 2. The third-order valence-corrected chi connectivity index (χ3v) is 2.37. The monoisotopic (exact) mass is 190 g/mol. The first kappa shape index (κ1) is 10.4. The Morgan fingerprint density at radius 3 is 2.46 bits per heavy atom. The first-order valence-electron chi connectivity index (χ1n) is 4.06.